The van der Waals surface area contributed by atoms with Gasteiger partial charge >= 0.3 is 0 Å². The SMILES string of the molecule is CN(C)Cc1[c-]cccc1.COC(=O)[CH-]C1=CC=CC1=[PH](c1ccccc1)c1ccccc1.[Fe].[Pd].c1cc[cH-]c1. The zero-order valence-electron chi connectivity index (χ0n) is 22.9. The van der Waals surface area contributed by atoms with Gasteiger partial charge in [-0.3, -0.25) is 4.79 Å². The van der Waals surface area contributed by atoms with E-state index in [1.54, 1.807) is 6.42 Å². The standard InChI is InChI=1S/C20H18O2P.C9H12N.C5H5.Fe.Pd/c1-22-20(21)15-16-9-8-14-19(16)23(17-10-4-2-5-11-17)18-12-6-3-7-13-18;1-10(2)8-9-6-4-3-5-7-9;1-2-4-5-3-1;;/h2-15,23H,1H3;3-6H,8H2,1-2H3;1-5H;;/q3*-1;;. The molecular weight excluding hydrogens is 648 g/mol. The van der Waals surface area contributed by atoms with Crippen LogP contribution in [-0.4, -0.2) is 37.4 Å². The Morgan fingerprint density at radius 1 is 0.900 bits per heavy atom. The van der Waals surface area contributed by atoms with Crippen molar-refractivity contribution in [2.45, 2.75) is 6.54 Å². The van der Waals surface area contributed by atoms with E-state index in [1.165, 1.54) is 28.6 Å². The zero-order chi connectivity index (χ0) is 27.0. The summed E-state index contributed by atoms with van der Waals surface area (Å²) in [5, 5.41) is 3.81. The Morgan fingerprint density at radius 2 is 1.48 bits per heavy atom. The Morgan fingerprint density at radius 3 is 1.93 bits per heavy atom. The Balaban J connectivity index is 0.000000389. The second kappa shape index (κ2) is 20.2. The van der Waals surface area contributed by atoms with E-state index in [1.807, 2.05) is 72.8 Å². The molecule has 0 aliphatic heterocycles. The van der Waals surface area contributed by atoms with Crippen LogP contribution < -0.4 is 10.6 Å². The van der Waals surface area contributed by atoms with Crippen LogP contribution in [0.5, 0.6) is 0 Å². The molecule has 0 spiro atoms. The first kappa shape index (κ1) is 35.3. The molecule has 0 bridgehead atoms. The smallest absolute Gasteiger partial charge is 0.274 e. The molecule has 0 saturated carbocycles. The minimum atomic E-state index is -1.16. The number of allylic oxidation sites excluding steroid dienone is 3. The van der Waals surface area contributed by atoms with Crippen molar-refractivity contribution in [3.63, 3.8) is 0 Å². The van der Waals surface area contributed by atoms with Gasteiger partial charge in [0.1, 0.15) is 0 Å². The monoisotopic (exact) mass is 682 g/mol. The molecule has 3 nitrogen and oxygen atoms in total. The molecule has 40 heavy (non-hydrogen) atoms. The number of nitrogens with zero attached hydrogens (tertiary/aromatic N) is 1. The molecule has 0 radical (unpaired) electrons. The minimum absolute atomic E-state index is 0. The van der Waals surface area contributed by atoms with Crippen molar-refractivity contribution in [2.24, 2.45) is 0 Å². The fraction of sp³-hybridized carbons (Fsp3) is 0.118. The van der Waals surface area contributed by atoms with E-state index < -0.39 is 7.55 Å². The average molecular weight is 683 g/mol. The number of hydrogen-bond acceptors (Lipinski definition) is 3. The average Bonchev–Trinajstić information content (AvgIpc) is 3.67. The van der Waals surface area contributed by atoms with Gasteiger partial charge in [0.15, 0.2) is 0 Å². The number of rotatable bonds is 6. The van der Waals surface area contributed by atoms with Crippen molar-refractivity contribution in [2.75, 3.05) is 21.2 Å². The number of benzene rings is 3. The van der Waals surface area contributed by atoms with Gasteiger partial charge in [-0.2, -0.15) is 60.2 Å². The molecule has 0 N–H and O–H groups in total. The molecule has 6 heteroatoms. The predicted octanol–water partition coefficient (Wildman–Crippen LogP) is 5.85. The topological polar surface area (TPSA) is 29.5 Å². The van der Waals surface area contributed by atoms with Crippen molar-refractivity contribution < 1.29 is 47.0 Å². The van der Waals surface area contributed by atoms with Crippen LogP contribution in [0, 0.1) is 12.5 Å². The van der Waals surface area contributed by atoms with Gasteiger partial charge in [-0.15, -0.1) is 30.6 Å². The van der Waals surface area contributed by atoms with Crippen LogP contribution in [0.1, 0.15) is 5.56 Å². The molecule has 5 rings (SSSR count). The van der Waals surface area contributed by atoms with Gasteiger partial charge < -0.3 is 9.64 Å². The Hall–Kier alpha value is -2.73. The van der Waals surface area contributed by atoms with Gasteiger partial charge in [-0.1, -0.05) is 67.1 Å². The fourth-order valence-corrected chi connectivity index (χ4v) is 6.57. The van der Waals surface area contributed by atoms with Crippen molar-refractivity contribution in [3.8, 4) is 0 Å². The minimum Gasteiger partial charge on any atom is -0.475 e. The second-order valence-corrected chi connectivity index (χ2v) is 11.2. The van der Waals surface area contributed by atoms with E-state index in [-0.39, 0.29) is 43.5 Å². The molecule has 4 aromatic carbocycles. The Kier molecular flexibility index (Phi) is 17.8. The van der Waals surface area contributed by atoms with Crippen molar-refractivity contribution >= 4 is 29.4 Å². The van der Waals surface area contributed by atoms with Crippen molar-refractivity contribution in [1.82, 2.24) is 4.90 Å². The van der Waals surface area contributed by atoms with Gasteiger partial charge in [0.2, 0.25) is 0 Å². The summed E-state index contributed by atoms with van der Waals surface area (Å²) in [4.78, 5) is 13.8. The van der Waals surface area contributed by atoms with Crippen LogP contribution in [0.15, 0.2) is 139 Å². The number of methoxy groups -OCH3 is 1. The number of hydrogen-bond donors (Lipinski definition) is 0. The molecule has 0 heterocycles. The normalized spacial score (nSPS) is 11.1. The molecule has 0 fully saturated rings. The maximum atomic E-state index is 11.7. The van der Waals surface area contributed by atoms with E-state index in [9.17, 15) is 4.79 Å². The number of carbonyl (C=O) groups is 1. The summed E-state index contributed by atoms with van der Waals surface area (Å²) in [6.45, 7) is 0.973. The molecule has 1 aliphatic rings. The summed E-state index contributed by atoms with van der Waals surface area (Å²) >= 11 is 0. The molecular formula is C34H35FeNO2PPd-3. The third-order valence-electron chi connectivity index (χ3n) is 5.53. The third-order valence-corrected chi connectivity index (χ3v) is 8.35. The summed E-state index contributed by atoms with van der Waals surface area (Å²) in [6.07, 6.45) is 7.67. The summed E-state index contributed by atoms with van der Waals surface area (Å²) in [6, 6.07) is 42.2. The van der Waals surface area contributed by atoms with Crippen molar-refractivity contribution in [1.29, 1.82) is 0 Å². The molecule has 0 saturated heterocycles. The Labute approximate surface area is 264 Å². The number of carbonyl (C=O) groups excluding carboxylic acids is 1. The fourth-order valence-electron chi connectivity index (χ4n) is 3.85. The van der Waals surface area contributed by atoms with E-state index in [4.69, 9.17) is 4.74 Å². The number of ether oxygens (including phenoxy) is 1. The number of esters is 1. The van der Waals surface area contributed by atoms with Crippen LogP contribution in [0.4, 0.5) is 0 Å². The molecule has 0 atom stereocenters. The maximum absolute atomic E-state index is 11.7. The maximum Gasteiger partial charge on any atom is 0.274 e. The van der Waals surface area contributed by atoms with Crippen molar-refractivity contribution in [3.05, 3.63) is 157 Å². The third kappa shape index (κ3) is 12.2. The first-order valence-corrected chi connectivity index (χ1v) is 14.0. The quantitative estimate of drug-likeness (QED) is 0.111. The van der Waals surface area contributed by atoms with E-state index >= 15 is 0 Å². The van der Waals surface area contributed by atoms with E-state index in [2.05, 4.69) is 85.7 Å². The molecule has 0 amide bonds. The largest absolute Gasteiger partial charge is 0.475 e. The summed E-state index contributed by atoms with van der Waals surface area (Å²) in [7, 11) is 4.36. The van der Waals surface area contributed by atoms with Gasteiger partial charge in [0.05, 0.1) is 7.11 Å². The molecule has 1 aliphatic carbocycles. The molecule has 214 valence electrons. The van der Waals surface area contributed by atoms with Crippen LogP contribution in [-0.2, 0) is 53.6 Å². The van der Waals surface area contributed by atoms with Crippen LogP contribution in [0.25, 0.3) is 0 Å². The van der Waals surface area contributed by atoms with Gasteiger partial charge in [-0.05, 0) is 24.7 Å². The van der Waals surface area contributed by atoms with E-state index in [0.29, 0.717) is 0 Å². The second-order valence-electron chi connectivity index (χ2n) is 8.76. The van der Waals surface area contributed by atoms with Gasteiger partial charge in [0.25, 0.3) is 5.97 Å². The summed E-state index contributed by atoms with van der Waals surface area (Å²) < 4.78 is 4.79. The van der Waals surface area contributed by atoms with Crippen LogP contribution in [0.2, 0.25) is 0 Å². The Bertz CT molecular complexity index is 1260. The van der Waals surface area contributed by atoms with Gasteiger partial charge in [-0.25, -0.2) is 12.1 Å². The summed E-state index contributed by atoms with van der Waals surface area (Å²) in [5.41, 5.74) is 2.19. The first-order chi connectivity index (χ1) is 18.6. The predicted molar refractivity (Wildman–Crippen MR) is 164 cm³/mol. The van der Waals surface area contributed by atoms with Gasteiger partial charge in [0, 0.05) is 44.0 Å². The molecule has 4 aromatic rings. The zero-order valence-corrected chi connectivity index (χ0v) is 26.6. The first-order valence-electron chi connectivity index (χ1n) is 12.5. The van der Waals surface area contributed by atoms with Crippen LogP contribution in [0.3, 0.4) is 0 Å². The molecule has 0 aromatic heterocycles. The molecule has 0 unspecified atom stereocenters. The van der Waals surface area contributed by atoms with Crippen LogP contribution >= 0.6 is 7.55 Å². The summed E-state index contributed by atoms with van der Waals surface area (Å²) in [5.74, 6) is -0.320. The van der Waals surface area contributed by atoms with E-state index in [0.717, 1.165) is 12.1 Å².